The number of carbonyl (C=O) groups is 1. The van der Waals surface area contributed by atoms with Crippen molar-refractivity contribution in [2.75, 3.05) is 5.32 Å². The Morgan fingerprint density at radius 3 is 2.33 bits per heavy atom. The summed E-state index contributed by atoms with van der Waals surface area (Å²) in [7, 11) is -4.42. The van der Waals surface area contributed by atoms with Crippen molar-refractivity contribution in [1.82, 2.24) is 0 Å². The molecule has 0 atom stereocenters. The number of carbonyl (C=O) groups excluding carboxylic acids is 1. The maximum atomic E-state index is 11.7. The number of ether oxygens (including phenoxy) is 1. The number of hydrogen-bond donors (Lipinski definition) is 2. The molecular weight excluding hydrogens is 294 g/mol. The molecule has 0 bridgehead atoms. The van der Waals surface area contributed by atoms with Crippen LogP contribution < -0.4 is 5.32 Å². The maximum absolute atomic E-state index is 11.7. The monoisotopic (exact) mass is 307 g/mol. The molecule has 7 heteroatoms. The largest absolute Gasteiger partial charge is 0.444 e. The SMILES string of the molecule is O=C(Nc1ccccc1S(=O)(=O)O)OCc1ccccc1. The highest BCUT2D eigenvalue weighted by Crippen LogP contribution is 2.20. The highest BCUT2D eigenvalue weighted by molar-refractivity contribution is 7.86. The topological polar surface area (TPSA) is 92.7 Å². The molecule has 2 rings (SSSR count). The lowest BCUT2D eigenvalue weighted by atomic mass is 10.2. The van der Waals surface area contributed by atoms with Gasteiger partial charge in [0.05, 0.1) is 5.69 Å². The van der Waals surface area contributed by atoms with Crippen LogP contribution in [0.3, 0.4) is 0 Å². The molecule has 6 nitrogen and oxygen atoms in total. The molecule has 0 aliphatic rings. The summed E-state index contributed by atoms with van der Waals surface area (Å²) in [4.78, 5) is 11.3. The van der Waals surface area contributed by atoms with Gasteiger partial charge in [0.25, 0.3) is 10.1 Å². The molecule has 0 aliphatic heterocycles. The Bertz CT molecular complexity index is 728. The van der Waals surface area contributed by atoms with Crippen LogP contribution in [0.2, 0.25) is 0 Å². The average Bonchev–Trinajstić information content (AvgIpc) is 2.46. The molecule has 0 spiro atoms. The molecule has 110 valence electrons. The predicted octanol–water partition coefficient (Wildman–Crippen LogP) is 2.68. The van der Waals surface area contributed by atoms with Crippen LogP contribution in [-0.4, -0.2) is 19.1 Å². The van der Waals surface area contributed by atoms with E-state index in [4.69, 9.17) is 9.29 Å². The van der Waals surface area contributed by atoms with E-state index in [9.17, 15) is 13.2 Å². The normalized spacial score (nSPS) is 10.9. The minimum absolute atomic E-state index is 0.0435. The molecule has 21 heavy (non-hydrogen) atoms. The van der Waals surface area contributed by atoms with Crippen molar-refractivity contribution in [2.45, 2.75) is 11.5 Å². The van der Waals surface area contributed by atoms with Gasteiger partial charge in [0.15, 0.2) is 0 Å². The molecule has 0 unspecified atom stereocenters. The van der Waals surface area contributed by atoms with Gasteiger partial charge in [-0.1, -0.05) is 42.5 Å². The van der Waals surface area contributed by atoms with Gasteiger partial charge in [-0.15, -0.1) is 0 Å². The van der Waals surface area contributed by atoms with Gasteiger partial charge in [-0.3, -0.25) is 9.87 Å². The highest BCUT2D eigenvalue weighted by Gasteiger charge is 2.16. The zero-order valence-electron chi connectivity index (χ0n) is 10.9. The smallest absolute Gasteiger partial charge is 0.411 e. The van der Waals surface area contributed by atoms with Gasteiger partial charge in [0.1, 0.15) is 11.5 Å². The molecule has 0 radical (unpaired) electrons. The van der Waals surface area contributed by atoms with E-state index < -0.39 is 16.2 Å². The Hall–Kier alpha value is -2.38. The number of amides is 1. The molecule has 0 aromatic heterocycles. The average molecular weight is 307 g/mol. The van der Waals surface area contributed by atoms with Crippen LogP contribution in [0, 0.1) is 0 Å². The van der Waals surface area contributed by atoms with Gasteiger partial charge >= 0.3 is 6.09 Å². The van der Waals surface area contributed by atoms with E-state index in [1.54, 1.807) is 12.1 Å². The second-order valence-corrected chi connectivity index (χ2v) is 5.55. The van der Waals surface area contributed by atoms with E-state index in [0.717, 1.165) is 5.56 Å². The van der Waals surface area contributed by atoms with Crippen molar-refractivity contribution in [2.24, 2.45) is 0 Å². The fourth-order valence-electron chi connectivity index (χ4n) is 1.66. The fraction of sp³-hybridized carbons (Fsp3) is 0.0714. The molecular formula is C14H13NO5S. The Labute approximate surface area is 122 Å². The van der Waals surface area contributed by atoms with Gasteiger partial charge in [-0.2, -0.15) is 8.42 Å². The van der Waals surface area contributed by atoms with Gasteiger partial charge in [0.2, 0.25) is 0 Å². The molecule has 0 aliphatic carbocycles. The summed E-state index contributed by atoms with van der Waals surface area (Å²) in [5.74, 6) is 0. The molecule has 2 aromatic carbocycles. The van der Waals surface area contributed by atoms with E-state index in [-0.39, 0.29) is 17.2 Å². The minimum Gasteiger partial charge on any atom is -0.444 e. The van der Waals surface area contributed by atoms with Crippen molar-refractivity contribution in [3.05, 3.63) is 60.2 Å². The summed E-state index contributed by atoms with van der Waals surface area (Å²) >= 11 is 0. The first-order chi connectivity index (χ1) is 9.97. The Morgan fingerprint density at radius 1 is 1.05 bits per heavy atom. The fourth-order valence-corrected chi connectivity index (χ4v) is 2.31. The second kappa shape index (κ2) is 6.38. The first-order valence-electron chi connectivity index (χ1n) is 6.01. The second-order valence-electron chi connectivity index (χ2n) is 4.16. The standard InChI is InChI=1S/C14H13NO5S/c16-14(20-10-11-6-2-1-3-7-11)15-12-8-4-5-9-13(12)21(17,18)19/h1-9H,10H2,(H,15,16)(H,17,18,19). The summed E-state index contributed by atoms with van der Waals surface area (Å²) in [6.45, 7) is 0.0563. The van der Waals surface area contributed by atoms with Crippen molar-refractivity contribution in [3.8, 4) is 0 Å². The molecule has 2 aromatic rings. The van der Waals surface area contributed by atoms with Crippen LogP contribution in [0.15, 0.2) is 59.5 Å². The summed E-state index contributed by atoms with van der Waals surface area (Å²) in [6.07, 6.45) is -0.810. The van der Waals surface area contributed by atoms with Crippen LogP contribution in [0.4, 0.5) is 10.5 Å². The maximum Gasteiger partial charge on any atom is 0.411 e. The lowest BCUT2D eigenvalue weighted by Gasteiger charge is -2.09. The zero-order chi connectivity index (χ0) is 15.3. The van der Waals surface area contributed by atoms with Crippen LogP contribution in [0.5, 0.6) is 0 Å². The van der Waals surface area contributed by atoms with Crippen LogP contribution in [-0.2, 0) is 21.5 Å². The first kappa shape index (κ1) is 15.0. The highest BCUT2D eigenvalue weighted by atomic mass is 32.2. The molecule has 1 amide bonds. The van der Waals surface area contributed by atoms with Gasteiger partial charge in [-0.25, -0.2) is 4.79 Å². The van der Waals surface area contributed by atoms with E-state index in [2.05, 4.69) is 5.32 Å². The lowest BCUT2D eigenvalue weighted by molar-refractivity contribution is 0.155. The first-order valence-corrected chi connectivity index (χ1v) is 7.45. The minimum atomic E-state index is -4.42. The van der Waals surface area contributed by atoms with Crippen molar-refractivity contribution in [3.63, 3.8) is 0 Å². The third-order valence-corrected chi connectivity index (χ3v) is 3.53. The van der Waals surface area contributed by atoms with Crippen molar-refractivity contribution < 1.29 is 22.5 Å². The molecule has 0 saturated carbocycles. The molecule has 0 heterocycles. The number of nitrogens with one attached hydrogen (secondary N) is 1. The zero-order valence-corrected chi connectivity index (χ0v) is 11.7. The number of benzene rings is 2. The van der Waals surface area contributed by atoms with E-state index in [1.165, 1.54) is 24.3 Å². The van der Waals surface area contributed by atoms with Gasteiger partial charge < -0.3 is 4.74 Å². The van der Waals surface area contributed by atoms with E-state index in [0.29, 0.717) is 0 Å². The summed E-state index contributed by atoms with van der Waals surface area (Å²) in [6, 6.07) is 14.5. The Balaban J connectivity index is 2.04. The van der Waals surface area contributed by atoms with Crippen LogP contribution in [0.1, 0.15) is 5.56 Å². The van der Waals surface area contributed by atoms with Crippen molar-refractivity contribution in [1.29, 1.82) is 0 Å². The Morgan fingerprint density at radius 2 is 1.67 bits per heavy atom. The third-order valence-electron chi connectivity index (χ3n) is 2.61. The lowest BCUT2D eigenvalue weighted by Crippen LogP contribution is -2.15. The Kier molecular flexibility index (Phi) is 4.56. The van der Waals surface area contributed by atoms with Crippen LogP contribution >= 0.6 is 0 Å². The molecule has 0 fully saturated rings. The van der Waals surface area contributed by atoms with Crippen molar-refractivity contribution >= 4 is 21.9 Å². The summed E-state index contributed by atoms with van der Waals surface area (Å²) in [5.41, 5.74) is 0.758. The van der Waals surface area contributed by atoms with Gasteiger partial charge in [-0.05, 0) is 17.7 Å². The summed E-state index contributed by atoms with van der Waals surface area (Å²) in [5, 5.41) is 2.29. The molecule has 0 saturated heterocycles. The summed E-state index contributed by atoms with van der Waals surface area (Å²) < 4.78 is 36.4. The number of anilines is 1. The number of hydrogen-bond acceptors (Lipinski definition) is 4. The van der Waals surface area contributed by atoms with Crippen LogP contribution in [0.25, 0.3) is 0 Å². The molecule has 2 N–H and O–H groups in total. The number of rotatable bonds is 4. The predicted molar refractivity (Wildman–Crippen MR) is 76.5 cm³/mol. The van der Waals surface area contributed by atoms with Gasteiger partial charge in [0, 0.05) is 0 Å². The van der Waals surface area contributed by atoms with E-state index in [1.807, 2.05) is 18.2 Å². The quantitative estimate of drug-likeness (QED) is 0.847. The number of para-hydroxylation sites is 1. The van der Waals surface area contributed by atoms with E-state index >= 15 is 0 Å². The third kappa shape index (κ3) is 4.30.